The fraction of sp³-hybridized carbons (Fsp3) is 0.818. The van der Waals surface area contributed by atoms with Crippen molar-refractivity contribution in [3.63, 3.8) is 0 Å². The van der Waals surface area contributed by atoms with Gasteiger partial charge in [0.25, 0.3) is 0 Å². The lowest BCUT2D eigenvalue weighted by Crippen LogP contribution is -2.44. The lowest BCUT2D eigenvalue weighted by Gasteiger charge is -2.22. The normalized spacial score (nSPS) is 11.1. The summed E-state index contributed by atoms with van der Waals surface area (Å²) >= 11 is 0. The average molecular weight is 230 g/mol. The minimum absolute atomic E-state index is 0.00998. The summed E-state index contributed by atoms with van der Waals surface area (Å²) in [6.45, 7) is 7.97. The van der Waals surface area contributed by atoms with Crippen LogP contribution < -0.4 is 5.32 Å². The number of hydrogen-bond donors (Lipinski definition) is 2. The van der Waals surface area contributed by atoms with E-state index in [9.17, 15) is 9.59 Å². The summed E-state index contributed by atoms with van der Waals surface area (Å²) in [6.07, 6.45) is 0. The van der Waals surface area contributed by atoms with Crippen molar-refractivity contribution in [3.8, 4) is 0 Å². The van der Waals surface area contributed by atoms with Gasteiger partial charge in [0.1, 0.15) is 0 Å². The predicted molar refractivity (Wildman–Crippen MR) is 61.8 cm³/mol. The van der Waals surface area contributed by atoms with Crippen LogP contribution in [0, 0.1) is 5.41 Å². The van der Waals surface area contributed by atoms with E-state index in [1.54, 1.807) is 20.8 Å². The second-order valence-electron chi connectivity index (χ2n) is 4.63. The molecule has 0 aromatic rings. The van der Waals surface area contributed by atoms with Crippen LogP contribution in [0.3, 0.4) is 0 Å². The lowest BCUT2D eigenvalue weighted by atomic mass is 9.96. The van der Waals surface area contributed by atoms with Crippen molar-refractivity contribution in [2.75, 3.05) is 26.2 Å². The molecule has 0 bridgehead atoms. The Morgan fingerprint density at radius 2 is 1.88 bits per heavy atom. The number of rotatable bonds is 5. The summed E-state index contributed by atoms with van der Waals surface area (Å²) in [5.74, 6) is -0.324. The Balaban J connectivity index is 4.11. The first-order valence-corrected chi connectivity index (χ1v) is 5.49. The number of carbonyl (C=O) groups excluding carboxylic acids is 2. The maximum atomic E-state index is 11.6. The van der Waals surface area contributed by atoms with Crippen molar-refractivity contribution in [2.45, 2.75) is 27.7 Å². The molecular formula is C11H22N2O3. The van der Waals surface area contributed by atoms with Gasteiger partial charge in [0.2, 0.25) is 11.8 Å². The molecule has 0 aliphatic rings. The highest BCUT2D eigenvalue weighted by atomic mass is 16.3. The molecule has 0 heterocycles. The summed E-state index contributed by atoms with van der Waals surface area (Å²) in [5, 5.41) is 11.3. The second-order valence-corrected chi connectivity index (χ2v) is 4.63. The van der Waals surface area contributed by atoms with Gasteiger partial charge in [-0.3, -0.25) is 9.59 Å². The molecule has 0 atom stereocenters. The van der Waals surface area contributed by atoms with Gasteiger partial charge in [-0.2, -0.15) is 0 Å². The molecular weight excluding hydrogens is 208 g/mol. The molecule has 0 spiro atoms. The van der Waals surface area contributed by atoms with Crippen LogP contribution in [0.15, 0.2) is 0 Å². The van der Waals surface area contributed by atoms with Gasteiger partial charge in [-0.05, 0) is 6.92 Å². The Morgan fingerprint density at radius 1 is 1.31 bits per heavy atom. The maximum Gasteiger partial charge on any atom is 0.242 e. The Hall–Kier alpha value is -1.10. The van der Waals surface area contributed by atoms with Crippen LogP contribution in [0.25, 0.3) is 0 Å². The summed E-state index contributed by atoms with van der Waals surface area (Å²) in [6, 6.07) is 0. The average Bonchev–Trinajstić information content (AvgIpc) is 2.20. The van der Waals surface area contributed by atoms with Crippen LogP contribution >= 0.6 is 0 Å². The zero-order chi connectivity index (χ0) is 12.8. The van der Waals surface area contributed by atoms with E-state index in [1.807, 2.05) is 6.92 Å². The van der Waals surface area contributed by atoms with E-state index >= 15 is 0 Å². The molecule has 2 N–H and O–H groups in total. The standard InChI is InChI=1S/C11H22N2O3/c1-5-13(6-7-14)9(15)8-12-10(16)11(2,3)4/h14H,5-8H2,1-4H3,(H,12,16). The molecule has 0 rings (SSSR count). The molecule has 0 fully saturated rings. The molecule has 0 aromatic carbocycles. The van der Waals surface area contributed by atoms with Gasteiger partial charge in [0.15, 0.2) is 0 Å². The molecule has 2 amide bonds. The van der Waals surface area contributed by atoms with Crippen LogP contribution in [-0.2, 0) is 9.59 Å². The first kappa shape index (κ1) is 14.9. The number of amides is 2. The number of aliphatic hydroxyl groups excluding tert-OH is 1. The Morgan fingerprint density at radius 3 is 2.25 bits per heavy atom. The predicted octanol–water partition coefficient (Wildman–Crippen LogP) is -0.0105. The topological polar surface area (TPSA) is 69.6 Å². The van der Waals surface area contributed by atoms with Crippen LogP contribution in [0.2, 0.25) is 0 Å². The number of hydrogen-bond acceptors (Lipinski definition) is 3. The van der Waals surface area contributed by atoms with E-state index in [2.05, 4.69) is 5.32 Å². The Bertz CT molecular complexity index is 246. The van der Waals surface area contributed by atoms with Gasteiger partial charge in [-0.15, -0.1) is 0 Å². The number of nitrogens with zero attached hydrogens (tertiary/aromatic N) is 1. The molecule has 0 aromatic heterocycles. The molecule has 5 heteroatoms. The number of likely N-dealkylation sites (N-methyl/N-ethyl adjacent to an activating group) is 1. The van der Waals surface area contributed by atoms with E-state index in [1.165, 1.54) is 4.90 Å². The van der Waals surface area contributed by atoms with Gasteiger partial charge in [0.05, 0.1) is 13.2 Å². The van der Waals surface area contributed by atoms with Crippen LogP contribution in [-0.4, -0.2) is 48.1 Å². The van der Waals surface area contributed by atoms with Crippen molar-refractivity contribution in [1.82, 2.24) is 10.2 Å². The minimum Gasteiger partial charge on any atom is -0.395 e. The van der Waals surface area contributed by atoms with Crippen molar-refractivity contribution < 1.29 is 14.7 Å². The summed E-state index contributed by atoms with van der Waals surface area (Å²) < 4.78 is 0. The molecule has 0 radical (unpaired) electrons. The quantitative estimate of drug-likeness (QED) is 0.698. The lowest BCUT2D eigenvalue weighted by molar-refractivity contribution is -0.135. The molecule has 0 aliphatic carbocycles. The number of carbonyl (C=O) groups is 2. The molecule has 94 valence electrons. The zero-order valence-corrected chi connectivity index (χ0v) is 10.5. The molecule has 0 unspecified atom stereocenters. The molecule has 0 aliphatic heterocycles. The fourth-order valence-electron chi connectivity index (χ4n) is 1.11. The third kappa shape index (κ3) is 5.11. The van der Waals surface area contributed by atoms with Gasteiger partial charge in [-0.1, -0.05) is 20.8 Å². The first-order chi connectivity index (χ1) is 7.32. The molecule has 0 saturated heterocycles. The zero-order valence-electron chi connectivity index (χ0n) is 10.5. The van der Waals surface area contributed by atoms with Gasteiger partial charge in [-0.25, -0.2) is 0 Å². The van der Waals surface area contributed by atoms with Crippen molar-refractivity contribution in [3.05, 3.63) is 0 Å². The van der Waals surface area contributed by atoms with Crippen LogP contribution in [0.1, 0.15) is 27.7 Å². The highest BCUT2D eigenvalue weighted by Crippen LogP contribution is 2.11. The van der Waals surface area contributed by atoms with E-state index in [4.69, 9.17) is 5.11 Å². The number of nitrogens with one attached hydrogen (secondary N) is 1. The first-order valence-electron chi connectivity index (χ1n) is 5.49. The van der Waals surface area contributed by atoms with Crippen LogP contribution in [0.5, 0.6) is 0 Å². The minimum atomic E-state index is -0.492. The Kier molecular flexibility index (Phi) is 6.03. The summed E-state index contributed by atoms with van der Waals surface area (Å²) in [4.78, 5) is 24.6. The smallest absolute Gasteiger partial charge is 0.242 e. The highest BCUT2D eigenvalue weighted by Gasteiger charge is 2.22. The Labute approximate surface area is 96.8 Å². The number of aliphatic hydroxyl groups is 1. The van der Waals surface area contributed by atoms with Crippen LogP contribution in [0.4, 0.5) is 0 Å². The van der Waals surface area contributed by atoms with E-state index in [-0.39, 0.29) is 25.0 Å². The van der Waals surface area contributed by atoms with Gasteiger partial charge >= 0.3 is 0 Å². The maximum absolute atomic E-state index is 11.6. The van der Waals surface area contributed by atoms with Crippen molar-refractivity contribution in [2.24, 2.45) is 5.41 Å². The second kappa shape index (κ2) is 6.48. The summed E-state index contributed by atoms with van der Waals surface area (Å²) in [7, 11) is 0. The third-order valence-electron chi connectivity index (χ3n) is 2.19. The SMILES string of the molecule is CCN(CCO)C(=O)CNC(=O)C(C)(C)C. The molecule has 5 nitrogen and oxygen atoms in total. The van der Waals surface area contributed by atoms with E-state index < -0.39 is 5.41 Å². The third-order valence-corrected chi connectivity index (χ3v) is 2.19. The molecule has 0 saturated carbocycles. The monoisotopic (exact) mass is 230 g/mol. The van der Waals surface area contributed by atoms with E-state index in [0.29, 0.717) is 13.1 Å². The van der Waals surface area contributed by atoms with Gasteiger partial charge in [0, 0.05) is 18.5 Å². The fourth-order valence-corrected chi connectivity index (χ4v) is 1.11. The highest BCUT2D eigenvalue weighted by molar-refractivity contribution is 5.87. The molecule has 16 heavy (non-hydrogen) atoms. The summed E-state index contributed by atoms with van der Waals surface area (Å²) in [5.41, 5.74) is -0.492. The van der Waals surface area contributed by atoms with Gasteiger partial charge < -0.3 is 15.3 Å². The largest absolute Gasteiger partial charge is 0.395 e. The van der Waals surface area contributed by atoms with Crippen molar-refractivity contribution >= 4 is 11.8 Å². The van der Waals surface area contributed by atoms with Crippen molar-refractivity contribution in [1.29, 1.82) is 0 Å². The van der Waals surface area contributed by atoms with E-state index in [0.717, 1.165) is 0 Å².